The lowest BCUT2D eigenvalue weighted by Crippen LogP contribution is -2.40. The Balaban J connectivity index is 4.14. The molecule has 0 aliphatic carbocycles. The van der Waals surface area contributed by atoms with Gasteiger partial charge in [-0.3, -0.25) is 4.79 Å². The third-order valence-corrected chi connectivity index (χ3v) is 1.16. The molecule has 0 aromatic heterocycles. The molecule has 5 heteroatoms. The van der Waals surface area contributed by atoms with Crippen LogP contribution in [-0.2, 0) is 14.3 Å². The minimum absolute atomic E-state index is 0.0771. The summed E-state index contributed by atoms with van der Waals surface area (Å²) in [7, 11) is 1.20. The van der Waals surface area contributed by atoms with Crippen LogP contribution in [0.4, 0.5) is 0 Å². The topological polar surface area (TPSA) is 79.2 Å². The van der Waals surface area contributed by atoms with Crippen molar-refractivity contribution in [3.8, 4) is 6.07 Å². The van der Waals surface area contributed by atoms with Crippen molar-refractivity contribution in [3.63, 3.8) is 0 Å². The molecule has 12 heavy (non-hydrogen) atoms. The van der Waals surface area contributed by atoms with E-state index < -0.39 is 12.0 Å². The first-order valence-corrected chi connectivity index (χ1v) is 3.33. The highest BCUT2D eigenvalue weighted by Gasteiger charge is 2.18. The van der Waals surface area contributed by atoms with E-state index >= 15 is 0 Å². The van der Waals surface area contributed by atoms with E-state index in [0.29, 0.717) is 0 Å². The Hall–Kier alpha value is -1.57. The first kappa shape index (κ1) is 10.4. The van der Waals surface area contributed by atoms with Gasteiger partial charge in [0, 0.05) is 6.92 Å². The zero-order valence-electron chi connectivity index (χ0n) is 6.96. The second-order valence-corrected chi connectivity index (χ2v) is 2.14. The summed E-state index contributed by atoms with van der Waals surface area (Å²) in [5.41, 5.74) is 0. The number of hydrogen-bond donors (Lipinski definition) is 1. The maximum absolute atomic E-state index is 10.8. The molecule has 0 aliphatic rings. The lowest BCUT2D eigenvalue weighted by atomic mass is 10.2. The Morgan fingerprint density at radius 3 is 2.58 bits per heavy atom. The van der Waals surface area contributed by atoms with Gasteiger partial charge < -0.3 is 10.1 Å². The average Bonchev–Trinajstić information content (AvgIpc) is 2.01. The van der Waals surface area contributed by atoms with Crippen molar-refractivity contribution in [2.75, 3.05) is 7.11 Å². The van der Waals surface area contributed by atoms with Crippen molar-refractivity contribution >= 4 is 11.9 Å². The number of amides is 1. The zero-order chi connectivity index (χ0) is 9.56. The van der Waals surface area contributed by atoms with Crippen molar-refractivity contribution in [2.45, 2.75) is 19.4 Å². The van der Waals surface area contributed by atoms with Crippen molar-refractivity contribution < 1.29 is 14.3 Å². The average molecular weight is 170 g/mol. The van der Waals surface area contributed by atoms with Crippen molar-refractivity contribution in [3.05, 3.63) is 0 Å². The first-order valence-electron chi connectivity index (χ1n) is 3.33. The fourth-order valence-corrected chi connectivity index (χ4v) is 0.672. The second kappa shape index (κ2) is 5.13. The molecule has 5 nitrogen and oxygen atoms in total. The number of nitriles is 1. The molecule has 1 unspecified atom stereocenters. The van der Waals surface area contributed by atoms with Crippen molar-refractivity contribution in [1.82, 2.24) is 5.32 Å². The van der Waals surface area contributed by atoms with Crippen LogP contribution in [0.25, 0.3) is 0 Å². The molecule has 0 aliphatic heterocycles. The smallest absolute Gasteiger partial charge is 0.329 e. The molecule has 0 aromatic rings. The van der Waals surface area contributed by atoms with Crippen LogP contribution in [0, 0.1) is 11.3 Å². The van der Waals surface area contributed by atoms with Gasteiger partial charge >= 0.3 is 5.97 Å². The van der Waals surface area contributed by atoms with Crippen LogP contribution in [0.5, 0.6) is 0 Å². The van der Waals surface area contributed by atoms with Crippen LogP contribution in [0.1, 0.15) is 13.3 Å². The molecule has 0 aromatic carbocycles. The number of nitrogens with zero attached hydrogens (tertiary/aromatic N) is 1. The number of carbonyl (C=O) groups excluding carboxylic acids is 2. The summed E-state index contributed by atoms with van der Waals surface area (Å²) in [6.07, 6.45) is -0.0771. The zero-order valence-corrected chi connectivity index (χ0v) is 6.96. The van der Waals surface area contributed by atoms with E-state index in [4.69, 9.17) is 5.26 Å². The highest BCUT2D eigenvalue weighted by molar-refractivity contribution is 5.83. The van der Waals surface area contributed by atoms with Gasteiger partial charge in [0.15, 0.2) is 0 Å². The third kappa shape index (κ3) is 3.56. The molecule has 0 radical (unpaired) electrons. The van der Waals surface area contributed by atoms with Crippen LogP contribution in [-0.4, -0.2) is 25.0 Å². The van der Waals surface area contributed by atoms with Gasteiger partial charge in [-0.05, 0) is 0 Å². The summed E-state index contributed by atoms with van der Waals surface area (Å²) in [4.78, 5) is 21.4. The van der Waals surface area contributed by atoms with Gasteiger partial charge in [-0.25, -0.2) is 4.79 Å². The number of esters is 1. The van der Waals surface area contributed by atoms with Gasteiger partial charge in [-0.2, -0.15) is 5.26 Å². The Kier molecular flexibility index (Phi) is 4.46. The minimum atomic E-state index is -0.850. The molecule has 1 atom stereocenters. The quantitative estimate of drug-likeness (QED) is 0.583. The predicted molar refractivity (Wildman–Crippen MR) is 39.9 cm³/mol. The number of nitrogens with one attached hydrogen (secondary N) is 1. The van der Waals surface area contributed by atoms with Gasteiger partial charge in [0.2, 0.25) is 5.91 Å². The molecule has 0 rings (SSSR count). The minimum Gasteiger partial charge on any atom is -0.467 e. The number of ether oxygens (including phenoxy) is 1. The van der Waals surface area contributed by atoms with Crippen LogP contribution >= 0.6 is 0 Å². The Bertz CT molecular complexity index is 219. The van der Waals surface area contributed by atoms with Crippen LogP contribution in [0.2, 0.25) is 0 Å². The van der Waals surface area contributed by atoms with Gasteiger partial charge in [0.05, 0.1) is 19.6 Å². The number of rotatable bonds is 3. The van der Waals surface area contributed by atoms with Gasteiger partial charge in [-0.15, -0.1) is 0 Å². The van der Waals surface area contributed by atoms with Crippen LogP contribution in [0.3, 0.4) is 0 Å². The van der Waals surface area contributed by atoms with E-state index in [2.05, 4.69) is 10.1 Å². The van der Waals surface area contributed by atoms with Crippen molar-refractivity contribution in [1.29, 1.82) is 5.26 Å². The monoisotopic (exact) mass is 170 g/mol. The Morgan fingerprint density at radius 2 is 2.25 bits per heavy atom. The molecular formula is C7H10N2O3. The van der Waals surface area contributed by atoms with Crippen LogP contribution in [0.15, 0.2) is 0 Å². The summed E-state index contributed by atoms with van der Waals surface area (Å²) in [6.45, 7) is 1.27. The van der Waals surface area contributed by atoms with Gasteiger partial charge in [-0.1, -0.05) is 0 Å². The lowest BCUT2D eigenvalue weighted by Gasteiger charge is -2.10. The largest absolute Gasteiger partial charge is 0.467 e. The molecule has 0 spiro atoms. The number of carbonyl (C=O) groups is 2. The summed E-state index contributed by atoms with van der Waals surface area (Å²) in [6, 6.07) is 0.923. The lowest BCUT2D eigenvalue weighted by molar-refractivity contribution is -0.144. The molecule has 0 heterocycles. The van der Waals surface area contributed by atoms with E-state index in [-0.39, 0.29) is 12.3 Å². The molecule has 0 fully saturated rings. The van der Waals surface area contributed by atoms with E-state index in [9.17, 15) is 9.59 Å². The molecule has 0 bridgehead atoms. The summed E-state index contributed by atoms with van der Waals surface area (Å²) in [5, 5.41) is 10.6. The van der Waals surface area contributed by atoms with Crippen molar-refractivity contribution in [2.24, 2.45) is 0 Å². The summed E-state index contributed by atoms with van der Waals surface area (Å²) in [5.74, 6) is -0.965. The predicted octanol–water partition coefficient (Wildman–Crippen LogP) is -0.422. The second-order valence-electron chi connectivity index (χ2n) is 2.14. The molecule has 0 saturated heterocycles. The standard InChI is InChI=1S/C7H10N2O3/c1-5(10)9-6(3-4-8)7(11)12-2/h6H,3H2,1-2H3,(H,9,10). The third-order valence-electron chi connectivity index (χ3n) is 1.16. The normalized spacial score (nSPS) is 11.1. The fourth-order valence-electron chi connectivity index (χ4n) is 0.672. The van der Waals surface area contributed by atoms with Crippen LogP contribution < -0.4 is 5.32 Å². The molecule has 1 amide bonds. The molecule has 66 valence electrons. The number of methoxy groups -OCH3 is 1. The Morgan fingerprint density at radius 1 is 1.67 bits per heavy atom. The summed E-state index contributed by atoms with van der Waals surface area (Å²) < 4.78 is 4.36. The molecular weight excluding hydrogens is 160 g/mol. The molecule has 0 saturated carbocycles. The molecule has 1 N–H and O–H groups in total. The Labute approximate surface area is 70.3 Å². The number of hydrogen-bond acceptors (Lipinski definition) is 4. The maximum Gasteiger partial charge on any atom is 0.329 e. The van der Waals surface area contributed by atoms with E-state index in [1.54, 1.807) is 6.07 Å². The first-order chi connectivity index (χ1) is 5.61. The van der Waals surface area contributed by atoms with E-state index in [1.165, 1.54) is 14.0 Å². The van der Waals surface area contributed by atoms with E-state index in [0.717, 1.165) is 0 Å². The van der Waals surface area contributed by atoms with Gasteiger partial charge in [0.1, 0.15) is 6.04 Å². The van der Waals surface area contributed by atoms with Gasteiger partial charge in [0.25, 0.3) is 0 Å². The highest BCUT2D eigenvalue weighted by Crippen LogP contribution is 1.93. The fraction of sp³-hybridized carbons (Fsp3) is 0.571. The maximum atomic E-state index is 10.8. The SMILES string of the molecule is COC(=O)C(CC#N)NC(C)=O. The van der Waals surface area contributed by atoms with E-state index in [1.807, 2.05) is 0 Å². The highest BCUT2D eigenvalue weighted by atomic mass is 16.5. The summed E-state index contributed by atoms with van der Waals surface area (Å²) >= 11 is 0.